The molecule has 2 heteroatoms. The van der Waals surface area contributed by atoms with E-state index in [0.717, 1.165) is 24.5 Å². The zero-order valence-electron chi connectivity index (χ0n) is 13.4. The van der Waals surface area contributed by atoms with E-state index in [2.05, 4.69) is 43.6 Å². The molecule has 0 N–H and O–H groups in total. The molecule has 0 bridgehead atoms. The van der Waals surface area contributed by atoms with E-state index in [9.17, 15) is 0 Å². The molecule has 1 nitrogen and oxygen atoms in total. The molecular weight excluding hydrogens is 300 g/mol. The lowest BCUT2D eigenvalue weighted by Gasteiger charge is -2.43. The second kappa shape index (κ2) is 8.02. The molecule has 1 fully saturated rings. The molecule has 0 amide bonds. The normalized spacial score (nSPS) is 28.6. The largest absolute Gasteiger partial charge is 0.381 e. The first kappa shape index (κ1) is 17.5. The summed E-state index contributed by atoms with van der Waals surface area (Å²) in [6.07, 6.45) is 9.20. The van der Waals surface area contributed by atoms with E-state index in [1.807, 2.05) is 0 Å². The van der Waals surface area contributed by atoms with Gasteiger partial charge in [0.2, 0.25) is 0 Å². The van der Waals surface area contributed by atoms with Crippen LogP contribution in [-0.4, -0.2) is 18.5 Å². The van der Waals surface area contributed by atoms with E-state index >= 15 is 0 Å². The van der Waals surface area contributed by atoms with Gasteiger partial charge in [0.25, 0.3) is 0 Å². The van der Waals surface area contributed by atoms with Crippen molar-refractivity contribution in [2.75, 3.05) is 18.5 Å². The molecule has 0 unspecified atom stereocenters. The summed E-state index contributed by atoms with van der Waals surface area (Å²) in [5.74, 6) is 0.903. The van der Waals surface area contributed by atoms with Crippen molar-refractivity contribution in [1.82, 2.24) is 0 Å². The van der Waals surface area contributed by atoms with E-state index < -0.39 is 0 Å². The highest BCUT2D eigenvalue weighted by molar-refractivity contribution is 9.09. The molecule has 0 aromatic carbocycles. The zero-order chi connectivity index (χ0) is 14.4. The molecular formula is C17H33BrO. The smallest absolute Gasteiger partial charge is 0.0471 e. The van der Waals surface area contributed by atoms with Gasteiger partial charge in [0.05, 0.1) is 0 Å². The number of halogens is 1. The Morgan fingerprint density at radius 1 is 1.16 bits per heavy atom. The third kappa shape index (κ3) is 5.75. The average molecular weight is 333 g/mol. The van der Waals surface area contributed by atoms with Crippen molar-refractivity contribution in [3.63, 3.8) is 0 Å². The van der Waals surface area contributed by atoms with Crippen LogP contribution in [0.25, 0.3) is 0 Å². The monoisotopic (exact) mass is 332 g/mol. The molecule has 0 saturated heterocycles. The fourth-order valence-corrected chi connectivity index (χ4v) is 4.02. The minimum atomic E-state index is 0.482. The first-order chi connectivity index (χ1) is 8.93. The summed E-state index contributed by atoms with van der Waals surface area (Å²) in [7, 11) is 0. The van der Waals surface area contributed by atoms with Crippen molar-refractivity contribution in [2.45, 2.75) is 72.6 Å². The maximum Gasteiger partial charge on any atom is 0.0471 e. The van der Waals surface area contributed by atoms with Gasteiger partial charge in [0.1, 0.15) is 0 Å². The average Bonchev–Trinajstić information content (AvgIpc) is 2.38. The molecule has 1 aliphatic carbocycles. The Bertz CT molecular complexity index is 236. The Morgan fingerprint density at radius 3 is 2.26 bits per heavy atom. The van der Waals surface area contributed by atoms with Crippen LogP contribution in [0.1, 0.15) is 72.6 Å². The Kier molecular flexibility index (Phi) is 7.39. The first-order valence-corrected chi connectivity index (χ1v) is 9.19. The van der Waals surface area contributed by atoms with Gasteiger partial charge >= 0.3 is 0 Å². The summed E-state index contributed by atoms with van der Waals surface area (Å²) in [6.45, 7) is 11.3. The van der Waals surface area contributed by atoms with Gasteiger partial charge in [-0.3, -0.25) is 0 Å². The number of alkyl halides is 1. The fourth-order valence-electron chi connectivity index (χ4n) is 3.18. The van der Waals surface area contributed by atoms with Crippen LogP contribution >= 0.6 is 15.9 Å². The Morgan fingerprint density at radius 2 is 1.79 bits per heavy atom. The van der Waals surface area contributed by atoms with Crippen LogP contribution in [0, 0.1) is 16.7 Å². The van der Waals surface area contributed by atoms with Crippen LogP contribution < -0.4 is 0 Å². The standard InChI is InChI=1S/C17H33BrO/c1-5-6-12-19-13-11-17(14-18)9-7-15(8-10-17)16(2,3)4/h15H,5-14H2,1-4H3. The van der Waals surface area contributed by atoms with Crippen LogP contribution in [0.15, 0.2) is 0 Å². The van der Waals surface area contributed by atoms with Gasteiger partial charge in [-0.1, -0.05) is 50.0 Å². The molecule has 0 aromatic rings. The summed E-state index contributed by atoms with van der Waals surface area (Å²) >= 11 is 3.77. The third-order valence-electron chi connectivity index (χ3n) is 4.97. The molecule has 114 valence electrons. The van der Waals surface area contributed by atoms with E-state index in [4.69, 9.17) is 4.74 Å². The van der Waals surface area contributed by atoms with Crippen molar-refractivity contribution >= 4 is 15.9 Å². The van der Waals surface area contributed by atoms with Crippen molar-refractivity contribution in [3.05, 3.63) is 0 Å². The highest BCUT2D eigenvalue weighted by atomic mass is 79.9. The van der Waals surface area contributed by atoms with Gasteiger partial charge in [-0.25, -0.2) is 0 Å². The van der Waals surface area contributed by atoms with Gasteiger partial charge in [0, 0.05) is 18.5 Å². The molecule has 0 spiro atoms. The van der Waals surface area contributed by atoms with Crippen molar-refractivity contribution in [3.8, 4) is 0 Å². The molecule has 0 aromatic heterocycles. The highest BCUT2D eigenvalue weighted by Crippen LogP contribution is 2.47. The lowest BCUT2D eigenvalue weighted by atomic mass is 9.64. The highest BCUT2D eigenvalue weighted by Gasteiger charge is 2.37. The zero-order valence-corrected chi connectivity index (χ0v) is 15.0. The number of ether oxygens (including phenoxy) is 1. The Hall–Kier alpha value is 0.440. The minimum Gasteiger partial charge on any atom is -0.381 e. The van der Waals surface area contributed by atoms with Crippen molar-refractivity contribution < 1.29 is 4.74 Å². The van der Waals surface area contributed by atoms with Crippen LogP contribution in [0.4, 0.5) is 0 Å². The predicted octanol–water partition coefficient (Wildman–Crippen LogP) is 5.81. The lowest BCUT2D eigenvalue weighted by Crippen LogP contribution is -2.34. The predicted molar refractivity (Wildman–Crippen MR) is 88.0 cm³/mol. The summed E-state index contributed by atoms with van der Waals surface area (Å²) in [6, 6.07) is 0. The van der Waals surface area contributed by atoms with Crippen LogP contribution in [0.2, 0.25) is 0 Å². The molecule has 19 heavy (non-hydrogen) atoms. The molecule has 0 atom stereocenters. The van der Waals surface area contributed by atoms with Crippen molar-refractivity contribution in [1.29, 1.82) is 0 Å². The maximum absolute atomic E-state index is 5.78. The van der Waals surface area contributed by atoms with E-state index in [0.29, 0.717) is 10.8 Å². The summed E-state index contributed by atoms with van der Waals surface area (Å²) in [5.41, 5.74) is 0.990. The SMILES string of the molecule is CCCCOCCC1(CBr)CCC(C(C)(C)C)CC1. The van der Waals surface area contributed by atoms with E-state index in [-0.39, 0.29) is 0 Å². The Labute approximate surface area is 129 Å². The molecule has 0 aliphatic heterocycles. The fraction of sp³-hybridized carbons (Fsp3) is 1.00. The quantitative estimate of drug-likeness (QED) is 0.422. The van der Waals surface area contributed by atoms with Crippen molar-refractivity contribution in [2.24, 2.45) is 16.7 Å². The minimum absolute atomic E-state index is 0.482. The van der Waals surface area contributed by atoms with Gasteiger partial charge in [-0.15, -0.1) is 0 Å². The number of unbranched alkanes of at least 4 members (excludes halogenated alkanes) is 1. The second-order valence-corrected chi connectivity index (χ2v) is 8.05. The Balaban J connectivity index is 2.34. The van der Waals surface area contributed by atoms with E-state index in [1.54, 1.807) is 0 Å². The number of hydrogen-bond acceptors (Lipinski definition) is 1. The third-order valence-corrected chi connectivity index (χ3v) is 6.16. The topological polar surface area (TPSA) is 9.23 Å². The van der Waals surface area contributed by atoms with Crippen LogP contribution in [0.3, 0.4) is 0 Å². The molecule has 1 saturated carbocycles. The van der Waals surface area contributed by atoms with Gasteiger partial charge < -0.3 is 4.74 Å². The first-order valence-electron chi connectivity index (χ1n) is 8.07. The lowest BCUT2D eigenvalue weighted by molar-refractivity contribution is 0.0553. The summed E-state index contributed by atoms with van der Waals surface area (Å²) in [5, 5.41) is 1.15. The molecule has 0 radical (unpaired) electrons. The number of rotatable bonds is 7. The summed E-state index contributed by atoms with van der Waals surface area (Å²) < 4.78 is 5.78. The second-order valence-electron chi connectivity index (χ2n) is 7.49. The maximum atomic E-state index is 5.78. The molecule has 1 aliphatic rings. The van der Waals surface area contributed by atoms with Crippen LogP contribution in [-0.2, 0) is 4.74 Å². The van der Waals surface area contributed by atoms with Crippen LogP contribution in [0.5, 0.6) is 0 Å². The molecule has 1 rings (SSSR count). The van der Waals surface area contributed by atoms with Gasteiger partial charge in [-0.2, -0.15) is 0 Å². The summed E-state index contributed by atoms with van der Waals surface area (Å²) in [4.78, 5) is 0. The molecule has 0 heterocycles. The van der Waals surface area contributed by atoms with Gasteiger partial charge in [0.15, 0.2) is 0 Å². The van der Waals surface area contributed by atoms with Gasteiger partial charge in [-0.05, 0) is 55.3 Å². The van der Waals surface area contributed by atoms with E-state index in [1.165, 1.54) is 44.9 Å². The number of hydrogen-bond donors (Lipinski definition) is 0.